The molecule has 0 unspecified atom stereocenters. The van der Waals surface area contributed by atoms with Crippen LogP contribution in [-0.2, 0) is 21.6 Å². The summed E-state index contributed by atoms with van der Waals surface area (Å²) in [5.41, 5.74) is 2.85. The van der Waals surface area contributed by atoms with Crippen molar-refractivity contribution in [2.45, 2.75) is 37.7 Å². The monoisotopic (exact) mass is 428 g/mol. The second-order valence-electron chi connectivity index (χ2n) is 8.39. The molecule has 1 aromatic carbocycles. The Morgan fingerprint density at radius 1 is 1.20 bits per heavy atom. The number of aromatic nitrogens is 2. The highest BCUT2D eigenvalue weighted by molar-refractivity contribution is 5.85. The highest BCUT2D eigenvalue weighted by Crippen LogP contribution is 2.41. The van der Waals surface area contributed by atoms with E-state index in [0.717, 1.165) is 75.4 Å². The third kappa shape index (κ3) is 3.96. The van der Waals surface area contributed by atoms with Crippen molar-refractivity contribution in [3.05, 3.63) is 47.8 Å². The van der Waals surface area contributed by atoms with E-state index in [1.807, 2.05) is 41.4 Å². The lowest BCUT2D eigenvalue weighted by atomic mass is 9.82. The smallest absolute Gasteiger partial charge is 0.226 e. The topological polar surface area (TPSA) is 67.4 Å². The number of nitrogens with zero attached hydrogens (tertiary/aromatic N) is 3. The van der Waals surface area contributed by atoms with Crippen LogP contribution in [0, 0.1) is 5.92 Å². The van der Waals surface area contributed by atoms with E-state index in [1.54, 1.807) is 0 Å². The number of nitrogens with one attached hydrogen (secondary N) is 1. The van der Waals surface area contributed by atoms with E-state index in [2.05, 4.69) is 10.3 Å². The van der Waals surface area contributed by atoms with E-state index >= 15 is 0 Å². The zero-order valence-electron chi connectivity index (χ0n) is 17.2. The molecule has 6 nitrogen and oxygen atoms in total. The number of likely N-dealkylation sites (tertiary alicyclic amines) is 1. The molecule has 0 radical (unpaired) electrons. The van der Waals surface area contributed by atoms with E-state index in [1.165, 1.54) is 5.56 Å². The Bertz CT molecular complexity index is 878. The average Bonchev–Trinajstić information content (AvgIpc) is 2.80. The Morgan fingerprint density at radius 3 is 2.73 bits per heavy atom. The molecule has 30 heavy (non-hydrogen) atoms. The van der Waals surface area contributed by atoms with Crippen molar-refractivity contribution in [1.82, 2.24) is 20.2 Å². The van der Waals surface area contributed by atoms with Crippen molar-refractivity contribution < 1.29 is 9.53 Å². The number of benzene rings is 1. The molecule has 0 aliphatic carbocycles. The first-order chi connectivity index (χ1) is 14.3. The number of carbonyl (C=O) groups excluding carboxylic acids is 1. The minimum Gasteiger partial charge on any atom is -0.368 e. The Kier molecular flexibility index (Phi) is 6.37. The third-order valence-corrected chi connectivity index (χ3v) is 6.61. The number of hydrogen-bond donors (Lipinski definition) is 1. The predicted octanol–water partition coefficient (Wildman–Crippen LogP) is 2.96. The first-order valence-corrected chi connectivity index (χ1v) is 10.8. The molecule has 0 bridgehead atoms. The lowest BCUT2D eigenvalue weighted by Crippen LogP contribution is -2.51. The first-order valence-electron chi connectivity index (χ1n) is 10.8. The van der Waals surface area contributed by atoms with Crippen LogP contribution >= 0.6 is 12.4 Å². The van der Waals surface area contributed by atoms with Crippen LogP contribution in [-0.4, -0.2) is 53.6 Å². The fraction of sp³-hybridized carbons (Fsp3) is 0.522. The maximum absolute atomic E-state index is 12.9. The summed E-state index contributed by atoms with van der Waals surface area (Å²) in [4.78, 5) is 24.5. The van der Waals surface area contributed by atoms with Gasteiger partial charge in [-0.1, -0.05) is 30.3 Å². The maximum atomic E-state index is 12.9. The van der Waals surface area contributed by atoms with Gasteiger partial charge in [0.2, 0.25) is 5.91 Å². The van der Waals surface area contributed by atoms with Crippen molar-refractivity contribution in [2.24, 2.45) is 5.92 Å². The van der Waals surface area contributed by atoms with Crippen LogP contribution in [0.1, 0.15) is 36.9 Å². The van der Waals surface area contributed by atoms with Crippen LogP contribution in [0.5, 0.6) is 0 Å². The van der Waals surface area contributed by atoms with Gasteiger partial charge in [-0.05, 0) is 44.2 Å². The number of ether oxygens (including phenoxy) is 1. The molecule has 2 saturated heterocycles. The highest BCUT2D eigenvalue weighted by Gasteiger charge is 2.44. The quantitative estimate of drug-likeness (QED) is 0.796. The summed E-state index contributed by atoms with van der Waals surface area (Å²) in [5.74, 6) is 1.18. The predicted molar refractivity (Wildman–Crippen MR) is 117 cm³/mol. The van der Waals surface area contributed by atoms with Crippen LogP contribution in [0.25, 0.3) is 11.4 Å². The molecule has 1 N–H and O–H groups in total. The SMILES string of the molecule is Cl.O=C([C@@H]1CCCNC1)N1CCC2(CC1)OCCc1cnc(-c3ccccc3)nc12. The number of hydrogen-bond acceptors (Lipinski definition) is 5. The van der Waals surface area contributed by atoms with Gasteiger partial charge < -0.3 is 15.0 Å². The summed E-state index contributed by atoms with van der Waals surface area (Å²) in [6, 6.07) is 10.1. The molecular formula is C23H29ClN4O2. The van der Waals surface area contributed by atoms with Crippen molar-refractivity contribution in [3.63, 3.8) is 0 Å². The Labute approximate surface area is 183 Å². The molecule has 2 fully saturated rings. The second-order valence-corrected chi connectivity index (χ2v) is 8.39. The van der Waals surface area contributed by atoms with Gasteiger partial charge in [0.1, 0.15) is 5.60 Å². The summed E-state index contributed by atoms with van der Waals surface area (Å²) in [5, 5.41) is 3.36. The van der Waals surface area contributed by atoms with Gasteiger partial charge in [-0.2, -0.15) is 0 Å². The molecule has 0 saturated carbocycles. The van der Waals surface area contributed by atoms with Gasteiger partial charge in [-0.15, -0.1) is 12.4 Å². The molecule has 7 heteroatoms. The van der Waals surface area contributed by atoms with Crippen molar-refractivity contribution in [1.29, 1.82) is 0 Å². The van der Waals surface area contributed by atoms with Gasteiger partial charge in [0, 0.05) is 31.4 Å². The number of amides is 1. The Balaban J connectivity index is 0.00000218. The van der Waals surface area contributed by atoms with E-state index < -0.39 is 0 Å². The third-order valence-electron chi connectivity index (χ3n) is 6.61. The number of halogens is 1. The average molecular weight is 429 g/mol. The van der Waals surface area contributed by atoms with Gasteiger partial charge in [0.25, 0.3) is 0 Å². The summed E-state index contributed by atoms with van der Waals surface area (Å²) in [6.45, 7) is 4.01. The standard InChI is InChI=1S/C23H28N4O2.ClH/c28-22(19-7-4-11-24-15-19)27-12-9-23(10-13-27)20-18(8-14-29-23)16-25-21(26-20)17-5-2-1-3-6-17;/h1-3,5-6,16,19,24H,4,7-15H2;1H/t19-;/m1./s1. The van der Waals surface area contributed by atoms with Crippen LogP contribution in [0.15, 0.2) is 36.5 Å². The normalized spacial score (nSPS) is 22.8. The zero-order valence-corrected chi connectivity index (χ0v) is 18.0. The molecule has 2 aromatic rings. The number of carbonyl (C=O) groups is 1. The number of fused-ring (bicyclic) bond motifs is 2. The summed E-state index contributed by atoms with van der Waals surface area (Å²) in [6.07, 6.45) is 6.52. The number of rotatable bonds is 2. The van der Waals surface area contributed by atoms with Gasteiger partial charge >= 0.3 is 0 Å². The number of piperidine rings is 2. The van der Waals surface area contributed by atoms with Crippen molar-refractivity contribution >= 4 is 18.3 Å². The molecule has 4 heterocycles. The lowest BCUT2D eigenvalue weighted by molar-refractivity contribution is -0.145. The zero-order chi connectivity index (χ0) is 19.7. The fourth-order valence-electron chi connectivity index (χ4n) is 4.93. The van der Waals surface area contributed by atoms with Crippen LogP contribution in [0.2, 0.25) is 0 Å². The van der Waals surface area contributed by atoms with Gasteiger partial charge in [-0.25, -0.2) is 9.97 Å². The first kappa shape index (κ1) is 21.2. The molecule has 3 aliphatic heterocycles. The molecule has 1 aromatic heterocycles. The van der Waals surface area contributed by atoms with Crippen LogP contribution in [0.4, 0.5) is 0 Å². The molecule has 5 rings (SSSR count). The van der Waals surface area contributed by atoms with Crippen LogP contribution in [0.3, 0.4) is 0 Å². The second kappa shape index (κ2) is 9.00. The van der Waals surface area contributed by atoms with Gasteiger partial charge in [0.05, 0.1) is 18.2 Å². The van der Waals surface area contributed by atoms with E-state index in [-0.39, 0.29) is 23.9 Å². The molecule has 160 valence electrons. The van der Waals surface area contributed by atoms with E-state index in [4.69, 9.17) is 9.72 Å². The molecular weight excluding hydrogens is 400 g/mol. The lowest BCUT2D eigenvalue weighted by Gasteiger charge is -2.44. The maximum Gasteiger partial charge on any atom is 0.226 e. The summed E-state index contributed by atoms with van der Waals surface area (Å²) in [7, 11) is 0. The fourth-order valence-corrected chi connectivity index (χ4v) is 4.93. The molecule has 3 aliphatic rings. The van der Waals surface area contributed by atoms with Crippen molar-refractivity contribution in [3.8, 4) is 11.4 Å². The summed E-state index contributed by atoms with van der Waals surface area (Å²) < 4.78 is 6.36. The Hall–Kier alpha value is -2.02. The van der Waals surface area contributed by atoms with Gasteiger partial charge in [-0.3, -0.25) is 4.79 Å². The minimum atomic E-state index is -0.387. The Morgan fingerprint density at radius 2 is 2.00 bits per heavy atom. The molecule has 1 atom stereocenters. The van der Waals surface area contributed by atoms with Crippen molar-refractivity contribution in [2.75, 3.05) is 32.8 Å². The molecule has 1 amide bonds. The van der Waals surface area contributed by atoms with Gasteiger partial charge in [0.15, 0.2) is 5.82 Å². The molecule has 1 spiro atoms. The van der Waals surface area contributed by atoms with E-state index in [9.17, 15) is 4.79 Å². The minimum absolute atomic E-state index is 0. The highest BCUT2D eigenvalue weighted by atomic mass is 35.5. The largest absolute Gasteiger partial charge is 0.368 e. The van der Waals surface area contributed by atoms with Crippen LogP contribution < -0.4 is 5.32 Å². The summed E-state index contributed by atoms with van der Waals surface area (Å²) >= 11 is 0. The van der Waals surface area contributed by atoms with E-state index in [0.29, 0.717) is 12.5 Å².